The summed E-state index contributed by atoms with van der Waals surface area (Å²) in [6, 6.07) is 11.0. The molecule has 3 aromatic rings. The maximum Gasteiger partial charge on any atom is 0.289 e. The number of amides is 1. The van der Waals surface area contributed by atoms with Gasteiger partial charge in [-0.25, -0.2) is 5.43 Å². The average Bonchev–Trinajstić information content (AvgIpc) is 3.13. The van der Waals surface area contributed by atoms with Crippen LogP contribution in [-0.4, -0.2) is 32.2 Å². The van der Waals surface area contributed by atoms with Gasteiger partial charge in [0.2, 0.25) is 0 Å². The standard InChI is InChI=1S/C16H12N6O3/c23-16(21-18-10-11-4-6-17-7-5-11)15-9-14(19-20-15)12-2-1-3-13(8-12)22(24)25/h1-10H,(H,19,20)(H,21,23)/b18-10+. The lowest BCUT2D eigenvalue weighted by Crippen LogP contribution is -2.17. The van der Waals surface area contributed by atoms with E-state index in [-0.39, 0.29) is 11.4 Å². The fraction of sp³-hybridized carbons (Fsp3) is 0. The third-order valence-electron chi connectivity index (χ3n) is 3.26. The number of benzene rings is 1. The minimum atomic E-state index is -0.489. The van der Waals surface area contributed by atoms with Crippen molar-refractivity contribution in [2.45, 2.75) is 0 Å². The number of nitro groups is 1. The van der Waals surface area contributed by atoms with E-state index in [1.165, 1.54) is 24.4 Å². The molecule has 0 atom stereocenters. The van der Waals surface area contributed by atoms with E-state index in [1.54, 1.807) is 36.7 Å². The molecule has 25 heavy (non-hydrogen) atoms. The maximum absolute atomic E-state index is 12.0. The van der Waals surface area contributed by atoms with Crippen molar-refractivity contribution >= 4 is 17.8 Å². The molecule has 0 unspecified atom stereocenters. The topological polar surface area (TPSA) is 126 Å². The van der Waals surface area contributed by atoms with E-state index in [1.807, 2.05) is 0 Å². The molecule has 1 amide bonds. The van der Waals surface area contributed by atoms with Crippen LogP contribution in [0.4, 0.5) is 5.69 Å². The van der Waals surface area contributed by atoms with E-state index in [4.69, 9.17) is 0 Å². The van der Waals surface area contributed by atoms with Crippen LogP contribution in [0.2, 0.25) is 0 Å². The Kier molecular flexibility index (Phi) is 4.56. The smallest absolute Gasteiger partial charge is 0.272 e. The van der Waals surface area contributed by atoms with Crippen molar-refractivity contribution in [2.24, 2.45) is 5.10 Å². The number of rotatable bonds is 5. The van der Waals surface area contributed by atoms with Crippen molar-refractivity contribution in [1.82, 2.24) is 20.6 Å². The van der Waals surface area contributed by atoms with Crippen molar-refractivity contribution in [3.05, 3.63) is 76.2 Å². The number of hydrogen-bond donors (Lipinski definition) is 2. The fourth-order valence-corrected chi connectivity index (χ4v) is 2.04. The molecule has 9 nitrogen and oxygen atoms in total. The lowest BCUT2D eigenvalue weighted by molar-refractivity contribution is -0.384. The first-order valence-electron chi connectivity index (χ1n) is 7.17. The molecule has 0 fully saturated rings. The highest BCUT2D eigenvalue weighted by Gasteiger charge is 2.13. The van der Waals surface area contributed by atoms with Crippen LogP contribution in [0.3, 0.4) is 0 Å². The van der Waals surface area contributed by atoms with E-state index in [9.17, 15) is 14.9 Å². The number of hydrogen-bond acceptors (Lipinski definition) is 6. The maximum atomic E-state index is 12.0. The van der Waals surface area contributed by atoms with Crippen molar-refractivity contribution in [3.63, 3.8) is 0 Å². The van der Waals surface area contributed by atoms with Gasteiger partial charge in [-0.15, -0.1) is 0 Å². The molecule has 2 heterocycles. The number of hydrazone groups is 1. The lowest BCUT2D eigenvalue weighted by Gasteiger charge is -1.96. The average molecular weight is 336 g/mol. The summed E-state index contributed by atoms with van der Waals surface area (Å²) < 4.78 is 0. The molecule has 2 N–H and O–H groups in total. The molecule has 0 bridgehead atoms. The van der Waals surface area contributed by atoms with E-state index in [2.05, 4.69) is 25.7 Å². The number of pyridine rings is 1. The monoisotopic (exact) mass is 336 g/mol. The molecule has 0 radical (unpaired) electrons. The Balaban J connectivity index is 1.70. The Hall–Kier alpha value is -3.88. The largest absolute Gasteiger partial charge is 0.289 e. The Morgan fingerprint density at radius 1 is 1.24 bits per heavy atom. The molecule has 0 saturated carbocycles. The van der Waals surface area contributed by atoms with Gasteiger partial charge >= 0.3 is 0 Å². The molecule has 0 spiro atoms. The van der Waals surface area contributed by atoms with Gasteiger partial charge in [0.15, 0.2) is 0 Å². The van der Waals surface area contributed by atoms with Gasteiger partial charge in [-0.2, -0.15) is 10.2 Å². The normalized spacial score (nSPS) is 10.7. The summed E-state index contributed by atoms with van der Waals surface area (Å²) in [7, 11) is 0. The lowest BCUT2D eigenvalue weighted by atomic mass is 10.1. The summed E-state index contributed by atoms with van der Waals surface area (Å²) in [5.74, 6) is -0.477. The number of H-pyrrole nitrogens is 1. The summed E-state index contributed by atoms with van der Waals surface area (Å²) in [4.78, 5) is 26.3. The minimum Gasteiger partial charge on any atom is -0.272 e. The van der Waals surface area contributed by atoms with Crippen LogP contribution in [0, 0.1) is 10.1 Å². The van der Waals surface area contributed by atoms with Crippen molar-refractivity contribution in [3.8, 4) is 11.3 Å². The second kappa shape index (κ2) is 7.13. The molecule has 9 heteroatoms. The summed E-state index contributed by atoms with van der Waals surface area (Å²) in [5, 5.41) is 21.3. The number of carbonyl (C=O) groups excluding carboxylic acids is 1. The van der Waals surface area contributed by atoms with Gasteiger partial charge in [0.1, 0.15) is 5.69 Å². The molecule has 3 rings (SSSR count). The second-order valence-electron chi connectivity index (χ2n) is 4.95. The summed E-state index contributed by atoms with van der Waals surface area (Å²) in [6.07, 6.45) is 4.71. The van der Waals surface area contributed by atoms with E-state index < -0.39 is 10.8 Å². The summed E-state index contributed by atoms with van der Waals surface area (Å²) >= 11 is 0. The Morgan fingerprint density at radius 2 is 2.04 bits per heavy atom. The van der Waals surface area contributed by atoms with Crippen LogP contribution in [0.5, 0.6) is 0 Å². The summed E-state index contributed by atoms with van der Waals surface area (Å²) in [6.45, 7) is 0. The molecule has 0 aliphatic rings. The van der Waals surface area contributed by atoms with E-state index in [0.29, 0.717) is 11.3 Å². The number of non-ortho nitro benzene ring substituents is 1. The predicted octanol–water partition coefficient (Wildman–Crippen LogP) is 2.14. The quantitative estimate of drug-likeness (QED) is 0.419. The number of carbonyl (C=O) groups is 1. The highest BCUT2D eigenvalue weighted by Crippen LogP contribution is 2.22. The minimum absolute atomic E-state index is 0.0477. The number of aromatic amines is 1. The van der Waals surface area contributed by atoms with Crippen molar-refractivity contribution < 1.29 is 9.72 Å². The second-order valence-corrected chi connectivity index (χ2v) is 4.95. The van der Waals surface area contributed by atoms with E-state index >= 15 is 0 Å². The SMILES string of the molecule is O=C(N/N=C/c1ccncc1)c1cc(-c2cccc([N+](=O)[O-])c2)n[nH]1. The third-order valence-corrected chi connectivity index (χ3v) is 3.26. The zero-order valence-corrected chi connectivity index (χ0v) is 12.8. The molecular weight excluding hydrogens is 324 g/mol. The highest BCUT2D eigenvalue weighted by atomic mass is 16.6. The van der Waals surface area contributed by atoms with Gasteiger partial charge < -0.3 is 0 Å². The molecule has 0 aliphatic heterocycles. The van der Waals surface area contributed by atoms with Gasteiger partial charge in [0.05, 0.1) is 16.8 Å². The number of nitrogens with zero attached hydrogens (tertiary/aromatic N) is 4. The molecule has 124 valence electrons. The third kappa shape index (κ3) is 3.91. The van der Waals surface area contributed by atoms with Crippen LogP contribution in [0.1, 0.15) is 16.1 Å². The van der Waals surface area contributed by atoms with Crippen LogP contribution in [-0.2, 0) is 0 Å². The first kappa shape index (κ1) is 16.0. The fourth-order valence-electron chi connectivity index (χ4n) is 2.04. The molecule has 1 aromatic carbocycles. The van der Waals surface area contributed by atoms with Crippen LogP contribution < -0.4 is 5.43 Å². The van der Waals surface area contributed by atoms with Crippen molar-refractivity contribution in [2.75, 3.05) is 0 Å². The molecular formula is C16H12N6O3. The van der Waals surface area contributed by atoms with Crippen LogP contribution in [0.15, 0.2) is 60.0 Å². The highest BCUT2D eigenvalue weighted by molar-refractivity contribution is 5.94. The number of aromatic nitrogens is 3. The Morgan fingerprint density at radius 3 is 2.80 bits per heavy atom. The number of nitro benzene ring substituents is 1. The molecule has 0 aliphatic carbocycles. The molecule has 0 saturated heterocycles. The van der Waals surface area contributed by atoms with Gasteiger partial charge in [-0.1, -0.05) is 12.1 Å². The van der Waals surface area contributed by atoms with Gasteiger partial charge in [0.25, 0.3) is 11.6 Å². The zero-order valence-electron chi connectivity index (χ0n) is 12.8. The Labute approximate surface area is 141 Å². The predicted molar refractivity (Wildman–Crippen MR) is 90.0 cm³/mol. The zero-order chi connectivity index (χ0) is 17.6. The van der Waals surface area contributed by atoms with Crippen LogP contribution >= 0.6 is 0 Å². The van der Waals surface area contributed by atoms with Gasteiger partial charge in [-0.3, -0.25) is 25.0 Å². The summed E-state index contributed by atoms with van der Waals surface area (Å²) in [5.41, 5.74) is 4.26. The number of nitrogens with one attached hydrogen (secondary N) is 2. The first-order valence-corrected chi connectivity index (χ1v) is 7.17. The molecule has 2 aromatic heterocycles. The van der Waals surface area contributed by atoms with Crippen LogP contribution in [0.25, 0.3) is 11.3 Å². The van der Waals surface area contributed by atoms with E-state index in [0.717, 1.165) is 5.56 Å². The Bertz CT molecular complexity index is 936. The first-order chi connectivity index (χ1) is 12.1. The van der Waals surface area contributed by atoms with Crippen molar-refractivity contribution in [1.29, 1.82) is 0 Å². The van der Waals surface area contributed by atoms with Gasteiger partial charge in [0, 0.05) is 30.1 Å². The van der Waals surface area contributed by atoms with Gasteiger partial charge in [-0.05, 0) is 23.8 Å².